The molecule has 1 aliphatic rings. The second kappa shape index (κ2) is 9.77. The first-order chi connectivity index (χ1) is 13.0. The number of aromatic nitrogens is 1. The van der Waals surface area contributed by atoms with Crippen LogP contribution in [-0.4, -0.2) is 35.8 Å². The van der Waals surface area contributed by atoms with Crippen LogP contribution in [-0.2, 0) is 13.1 Å². The molecule has 1 aliphatic heterocycles. The largest absolute Gasteiger partial charge is 0.352 e. The Morgan fingerprint density at radius 3 is 2.48 bits per heavy atom. The number of rotatable bonds is 4. The van der Waals surface area contributed by atoms with Crippen molar-refractivity contribution in [3.05, 3.63) is 82.4 Å². The van der Waals surface area contributed by atoms with Gasteiger partial charge in [0.25, 0.3) is 0 Å². The van der Waals surface area contributed by atoms with E-state index in [4.69, 9.17) is 16.6 Å². The van der Waals surface area contributed by atoms with Crippen LogP contribution < -0.4 is 0 Å². The molecule has 4 rings (SSSR count). The molecule has 3 nitrogen and oxygen atoms in total. The summed E-state index contributed by atoms with van der Waals surface area (Å²) in [5, 5.41) is 0.619. The number of fused-ring (bicyclic) bond motifs is 3. The van der Waals surface area contributed by atoms with Crippen LogP contribution in [0.5, 0.6) is 0 Å². The molecule has 3 aromatic rings. The van der Waals surface area contributed by atoms with E-state index in [-0.39, 0.29) is 30.6 Å². The van der Waals surface area contributed by atoms with Gasteiger partial charge in [-0.25, -0.2) is 4.39 Å². The van der Waals surface area contributed by atoms with Gasteiger partial charge in [-0.15, -0.1) is 24.8 Å². The number of halogens is 4. The first-order valence-corrected chi connectivity index (χ1v) is 9.34. The first-order valence-electron chi connectivity index (χ1n) is 8.96. The Labute approximate surface area is 188 Å². The molecule has 0 unspecified atom stereocenters. The molecule has 0 saturated carbocycles. The summed E-state index contributed by atoms with van der Waals surface area (Å²) in [4.78, 5) is 6.94. The molecule has 0 radical (unpaired) electrons. The van der Waals surface area contributed by atoms with Crippen LogP contribution in [0.15, 0.2) is 59.9 Å². The number of benzene rings is 2. The van der Waals surface area contributed by atoms with Crippen molar-refractivity contribution in [2.24, 2.45) is 4.99 Å². The fraction of sp³-hybridized carbons (Fsp3) is 0.227. The van der Waals surface area contributed by atoms with Gasteiger partial charge >= 0.3 is 0 Å². The molecule has 7 heteroatoms. The molecule has 0 saturated heterocycles. The summed E-state index contributed by atoms with van der Waals surface area (Å²) >= 11 is 6.28. The lowest BCUT2D eigenvalue weighted by molar-refractivity contribution is 0.384. The van der Waals surface area contributed by atoms with Gasteiger partial charge in [0, 0.05) is 47.2 Å². The van der Waals surface area contributed by atoms with Crippen molar-refractivity contribution in [1.82, 2.24) is 9.47 Å². The van der Waals surface area contributed by atoms with E-state index in [1.807, 2.05) is 24.3 Å². The summed E-state index contributed by atoms with van der Waals surface area (Å²) in [5.41, 5.74) is 5.35. The summed E-state index contributed by atoms with van der Waals surface area (Å²) in [5.74, 6) is -0.273. The van der Waals surface area contributed by atoms with Gasteiger partial charge in [-0.1, -0.05) is 29.8 Å². The summed E-state index contributed by atoms with van der Waals surface area (Å²) in [6.07, 6.45) is 4.30. The van der Waals surface area contributed by atoms with Crippen LogP contribution in [0.2, 0.25) is 5.02 Å². The lowest BCUT2D eigenvalue weighted by Crippen LogP contribution is -2.17. The summed E-state index contributed by atoms with van der Waals surface area (Å²) in [7, 11) is 4.13. The van der Waals surface area contributed by atoms with Crippen molar-refractivity contribution in [3.8, 4) is 11.1 Å². The zero-order valence-corrected chi connectivity index (χ0v) is 18.6. The minimum absolute atomic E-state index is 0. The minimum Gasteiger partial charge on any atom is -0.352 e. The van der Waals surface area contributed by atoms with Gasteiger partial charge in [0.1, 0.15) is 5.82 Å². The van der Waals surface area contributed by atoms with Crippen molar-refractivity contribution in [2.45, 2.75) is 13.1 Å². The van der Waals surface area contributed by atoms with E-state index in [9.17, 15) is 4.39 Å². The molecule has 0 fully saturated rings. The second-order valence-electron chi connectivity index (χ2n) is 7.07. The smallest absolute Gasteiger partial charge is 0.132 e. The monoisotopic (exact) mass is 453 g/mol. The molecule has 0 bridgehead atoms. The Bertz CT molecular complexity index is 1030. The molecular formula is C22H23Cl3FN3. The van der Waals surface area contributed by atoms with Crippen LogP contribution in [0.4, 0.5) is 4.39 Å². The topological polar surface area (TPSA) is 20.5 Å². The van der Waals surface area contributed by atoms with Crippen LogP contribution in [0, 0.1) is 5.82 Å². The number of likely N-dealkylation sites (N-methyl/N-ethyl adjacent to an activating group) is 1. The minimum atomic E-state index is -0.273. The summed E-state index contributed by atoms with van der Waals surface area (Å²) < 4.78 is 16.7. The molecule has 0 atom stereocenters. The highest BCUT2D eigenvalue weighted by atomic mass is 35.5. The van der Waals surface area contributed by atoms with E-state index in [0.29, 0.717) is 22.8 Å². The van der Waals surface area contributed by atoms with Gasteiger partial charge in [0.2, 0.25) is 0 Å². The van der Waals surface area contributed by atoms with Crippen molar-refractivity contribution < 1.29 is 4.39 Å². The Balaban J connectivity index is 0.00000150. The molecule has 2 aromatic carbocycles. The normalized spacial score (nSPS) is 12.2. The summed E-state index contributed by atoms with van der Waals surface area (Å²) in [6, 6.07) is 12.5. The maximum Gasteiger partial charge on any atom is 0.132 e. The number of nitrogens with zero attached hydrogens (tertiary/aromatic N) is 3. The third kappa shape index (κ3) is 4.84. The standard InChI is InChI=1S/C22H21ClFN3.2ClH/c1-26(2)9-10-27-13-15-12-25-22(18-5-3-4-6-21(18)24)19-11-16(23)7-8-17(19)20(15)14-27;;/h3-8,11,13-14H,9-10,12H2,1-2H3;2*1H. The number of hydrogen-bond acceptors (Lipinski definition) is 2. The van der Waals surface area contributed by atoms with Crippen LogP contribution in [0.1, 0.15) is 16.7 Å². The summed E-state index contributed by atoms with van der Waals surface area (Å²) in [6.45, 7) is 2.39. The van der Waals surface area contributed by atoms with Gasteiger partial charge in [0.15, 0.2) is 0 Å². The zero-order valence-electron chi connectivity index (χ0n) is 16.2. The van der Waals surface area contributed by atoms with E-state index in [1.54, 1.807) is 12.1 Å². The quantitative estimate of drug-likeness (QED) is 0.495. The van der Waals surface area contributed by atoms with Crippen molar-refractivity contribution in [1.29, 1.82) is 0 Å². The number of hydrogen-bond donors (Lipinski definition) is 0. The maximum atomic E-state index is 14.5. The van der Waals surface area contributed by atoms with Gasteiger partial charge < -0.3 is 9.47 Å². The predicted octanol–water partition coefficient (Wildman–Crippen LogP) is 5.70. The molecule has 0 N–H and O–H groups in total. The second-order valence-corrected chi connectivity index (χ2v) is 7.51. The van der Waals surface area contributed by atoms with Crippen LogP contribution in [0.3, 0.4) is 0 Å². The molecule has 1 aromatic heterocycles. The van der Waals surface area contributed by atoms with E-state index in [0.717, 1.165) is 35.3 Å². The lowest BCUT2D eigenvalue weighted by atomic mass is 9.94. The van der Waals surface area contributed by atoms with Crippen LogP contribution in [0.25, 0.3) is 11.1 Å². The zero-order chi connectivity index (χ0) is 19.0. The first kappa shape index (κ1) is 23.4. The highest BCUT2D eigenvalue weighted by Gasteiger charge is 2.22. The Hall–Kier alpha value is -1.85. The average Bonchev–Trinajstić information content (AvgIpc) is 2.99. The molecule has 0 aliphatic carbocycles. The average molecular weight is 455 g/mol. The lowest BCUT2D eigenvalue weighted by Gasteiger charge is -2.12. The Kier molecular flexibility index (Phi) is 7.89. The van der Waals surface area contributed by atoms with Gasteiger partial charge in [-0.3, -0.25) is 4.99 Å². The van der Waals surface area contributed by atoms with Gasteiger partial charge in [0.05, 0.1) is 12.3 Å². The van der Waals surface area contributed by atoms with E-state index < -0.39 is 0 Å². The third-order valence-corrected chi connectivity index (χ3v) is 5.07. The van der Waals surface area contributed by atoms with Crippen molar-refractivity contribution >= 4 is 42.1 Å². The molecule has 0 spiro atoms. The Morgan fingerprint density at radius 1 is 1.00 bits per heavy atom. The van der Waals surface area contributed by atoms with Gasteiger partial charge in [-0.2, -0.15) is 0 Å². The van der Waals surface area contributed by atoms with E-state index >= 15 is 0 Å². The SMILES string of the molecule is CN(C)CCn1cc2c(c1)-c1ccc(Cl)cc1C(c1ccccc1F)=NC2.Cl.Cl. The van der Waals surface area contributed by atoms with E-state index in [2.05, 4.69) is 36.0 Å². The fourth-order valence-electron chi connectivity index (χ4n) is 3.45. The van der Waals surface area contributed by atoms with Gasteiger partial charge in [-0.05, 0) is 49.5 Å². The fourth-order valence-corrected chi connectivity index (χ4v) is 3.62. The molecule has 2 heterocycles. The third-order valence-electron chi connectivity index (χ3n) is 4.83. The van der Waals surface area contributed by atoms with Crippen molar-refractivity contribution in [3.63, 3.8) is 0 Å². The molecule has 154 valence electrons. The Morgan fingerprint density at radius 2 is 1.76 bits per heavy atom. The van der Waals surface area contributed by atoms with E-state index in [1.165, 1.54) is 6.07 Å². The van der Waals surface area contributed by atoms with Crippen molar-refractivity contribution in [2.75, 3.05) is 20.6 Å². The maximum absolute atomic E-state index is 14.5. The predicted molar refractivity (Wildman–Crippen MR) is 124 cm³/mol. The highest BCUT2D eigenvalue weighted by molar-refractivity contribution is 6.31. The molecule has 29 heavy (non-hydrogen) atoms. The molecular weight excluding hydrogens is 432 g/mol. The van der Waals surface area contributed by atoms with Crippen LogP contribution >= 0.6 is 36.4 Å². The highest BCUT2D eigenvalue weighted by Crippen LogP contribution is 2.35. The number of aliphatic imine (C=N–C) groups is 1. The molecule has 0 amide bonds.